The van der Waals surface area contributed by atoms with Gasteiger partial charge in [0.15, 0.2) is 0 Å². The van der Waals surface area contributed by atoms with Gasteiger partial charge in [-0.2, -0.15) is 0 Å². The molecule has 0 radical (unpaired) electrons. The van der Waals surface area contributed by atoms with Crippen LogP contribution in [-0.2, 0) is 24.0 Å². The summed E-state index contributed by atoms with van der Waals surface area (Å²) < 4.78 is 0. The largest absolute Gasteiger partial charge is 0.481 e. The molecule has 0 aliphatic carbocycles. The van der Waals surface area contributed by atoms with Gasteiger partial charge in [0.1, 0.15) is 0 Å². The van der Waals surface area contributed by atoms with Crippen molar-refractivity contribution in [2.45, 2.75) is 12.8 Å². The number of rotatable bonds is 7. The van der Waals surface area contributed by atoms with Gasteiger partial charge in [-0.3, -0.25) is 9.59 Å². The maximum absolute atomic E-state index is 10.2. The molecular weight excluding hydrogens is 292 g/mol. The van der Waals surface area contributed by atoms with Gasteiger partial charge in [0.2, 0.25) is 0 Å². The van der Waals surface area contributed by atoms with Crippen molar-refractivity contribution in [3.05, 3.63) is 23.8 Å². The molecule has 0 rings (SSSR count). The molecule has 0 saturated heterocycles. The van der Waals surface area contributed by atoms with Crippen LogP contribution in [-0.4, -0.2) is 55.4 Å². The molecule has 0 aliphatic rings. The second kappa shape index (κ2) is 9.72. The minimum Gasteiger partial charge on any atom is -0.481 e. The van der Waals surface area contributed by atoms with Crippen LogP contribution in [0.3, 0.4) is 0 Å². The highest BCUT2D eigenvalue weighted by Crippen LogP contribution is 2.00. The fraction of sp³-hybridized carbons (Fsp3) is 0.182. The van der Waals surface area contributed by atoms with Crippen molar-refractivity contribution >= 4 is 29.8 Å². The van der Waals surface area contributed by atoms with Crippen molar-refractivity contribution in [2.75, 3.05) is 0 Å². The molecule has 0 bridgehead atoms. The van der Waals surface area contributed by atoms with E-state index in [1.807, 2.05) is 0 Å². The zero-order chi connectivity index (χ0) is 17.2. The van der Waals surface area contributed by atoms with Crippen molar-refractivity contribution in [2.24, 2.45) is 0 Å². The summed E-state index contributed by atoms with van der Waals surface area (Å²) in [6, 6.07) is 0. The lowest BCUT2D eigenvalue weighted by Gasteiger charge is -1.94. The van der Waals surface area contributed by atoms with Crippen molar-refractivity contribution in [1.82, 2.24) is 0 Å². The first-order valence-electron chi connectivity index (χ1n) is 4.98. The number of carbonyl (C=O) groups is 5. The molecule has 0 fully saturated rings. The van der Waals surface area contributed by atoms with Gasteiger partial charge in [-0.05, 0) is 0 Å². The van der Waals surface area contributed by atoms with E-state index in [4.69, 9.17) is 25.5 Å². The van der Waals surface area contributed by atoms with Crippen LogP contribution in [0.1, 0.15) is 12.8 Å². The standard InChI is InChI=1S/C6H6O6.C5H6O4/c7-4(8)1-3(6(11)12)2-5(9)10;1-3(5(8)9)2-4(6)7/h1H,2H2,(H,7,8)(H,9,10)(H,11,12);1-2H2,(H,6,7)(H,8,9). The third-order valence-corrected chi connectivity index (χ3v) is 1.58. The van der Waals surface area contributed by atoms with Crippen molar-refractivity contribution in [1.29, 1.82) is 0 Å². The van der Waals surface area contributed by atoms with Crippen molar-refractivity contribution in [3.63, 3.8) is 0 Å². The molecule has 10 heteroatoms. The van der Waals surface area contributed by atoms with Crippen LogP contribution in [0.15, 0.2) is 23.8 Å². The Hall–Kier alpha value is -3.17. The fourth-order valence-electron chi connectivity index (χ4n) is 0.759. The topological polar surface area (TPSA) is 186 Å². The molecule has 116 valence electrons. The molecule has 5 N–H and O–H groups in total. The smallest absolute Gasteiger partial charge is 0.332 e. The maximum Gasteiger partial charge on any atom is 0.332 e. The van der Waals surface area contributed by atoms with E-state index in [1.54, 1.807) is 0 Å². The van der Waals surface area contributed by atoms with Gasteiger partial charge in [0, 0.05) is 11.6 Å². The molecule has 10 nitrogen and oxygen atoms in total. The second-order valence-electron chi connectivity index (χ2n) is 3.36. The zero-order valence-electron chi connectivity index (χ0n) is 10.5. The highest BCUT2D eigenvalue weighted by Gasteiger charge is 2.13. The molecule has 21 heavy (non-hydrogen) atoms. The first-order chi connectivity index (χ1) is 9.47. The monoisotopic (exact) mass is 304 g/mol. The number of hydrogen-bond acceptors (Lipinski definition) is 5. The van der Waals surface area contributed by atoms with E-state index >= 15 is 0 Å². The molecule has 0 amide bonds. The normalized spacial score (nSPS) is 9.81. The molecule has 0 atom stereocenters. The minimum atomic E-state index is -1.54. The lowest BCUT2D eigenvalue weighted by atomic mass is 10.2. The summed E-state index contributed by atoms with van der Waals surface area (Å²) in [5.74, 6) is -6.85. The van der Waals surface area contributed by atoms with E-state index in [-0.39, 0.29) is 5.57 Å². The van der Waals surface area contributed by atoms with Crippen LogP contribution < -0.4 is 0 Å². The van der Waals surface area contributed by atoms with Gasteiger partial charge in [0.05, 0.1) is 18.4 Å². The third-order valence-electron chi connectivity index (χ3n) is 1.58. The Morgan fingerprint density at radius 3 is 1.38 bits per heavy atom. The first-order valence-corrected chi connectivity index (χ1v) is 4.98. The van der Waals surface area contributed by atoms with Gasteiger partial charge in [-0.15, -0.1) is 0 Å². The number of hydrogen-bond donors (Lipinski definition) is 5. The van der Waals surface area contributed by atoms with Crippen LogP contribution in [0.4, 0.5) is 0 Å². The van der Waals surface area contributed by atoms with Gasteiger partial charge in [-0.25, -0.2) is 14.4 Å². The molecule has 0 aromatic heterocycles. The van der Waals surface area contributed by atoms with E-state index in [1.165, 1.54) is 0 Å². The lowest BCUT2D eigenvalue weighted by molar-refractivity contribution is -0.140. The van der Waals surface area contributed by atoms with Gasteiger partial charge in [-0.1, -0.05) is 6.58 Å². The average molecular weight is 304 g/mol. The Morgan fingerprint density at radius 1 is 0.762 bits per heavy atom. The summed E-state index contributed by atoms with van der Waals surface area (Å²) in [6.07, 6.45) is -0.951. The number of carboxylic acid groups (broad SMARTS) is 5. The summed E-state index contributed by atoms with van der Waals surface area (Å²) in [6.45, 7) is 3.01. The van der Waals surface area contributed by atoms with Gasteiger partial charge >= 0.3 is 29.8 Å². The maximum atomic E-state index is 10.2. The molecule has 0 aromatic rings. The molecular formula is C11H12O10. The Labute approximate surface area is 117 Å². The predicted octanol–water partition coefficient (Wildman–Crippen LogP) is -0.341. The van der Waals surface area contributed by atoms with E-state index in [2.05, 4.69) is 6.58 Å². The van der Waals surface area contributed by atoms with Crippen molar-refractivity contribution in [3.8, 4) is 0 Å². The molecule has 0 saturated carbocycles. The van der Waals surface area contributed by atoms with E-state index in [0.717, 1.165) is 0 Å². The summed E-state index contributed by atoms with van der Waals surface area (Å²) in [4.78, 5) is 49.8. The fourth-order valence-corrected chi connectivity index (χ4v) is 0.759. The lowest BCUT2D eigenvalue weighted by Crippen LogP contribution is -2.08. The Bertz CT molecular complexity index is 499. The highest BCUT2D eigenvalue weighted by molar-refractivity contribution is 5.98. The Balaban J connectivity index is 0. The van der Waals surface area contributed by atoms with E-state index in [0.29, 0.717) is 6.08 Å². The van der Waals surface area contributed by atoms with Crippen LogP contribution in [0, 0.1) is 0 Å². The minimum absolute atomic E-state index is 0.303. The van der Waals surface area contributed by atoms with E-state index < -0.39 is 48.3 Å². The highest BCUT2D eigenvalue weighted by atomic mass is 16.4. The molecule has 0 spiro atoms. The number of aliphatic carboxylic acids is 5. The summed E-state index contributed by atoms with van der Waals surface area (Å²) in [5, 5.41) is 40.6. The molecule has 0 aliphatic heterocycles. The van der Waals surface area contributed by atoms with Crippen molar-refractivity contribution < 1.29 is 49.5 Å². The van der Waals surface area contributed by atoms with Gasteiger partial charge in [0.25, 0.3) is 0 Å². The van der Waals surface area contributed by atoms with Gasteiger partial charge < -0.3 is 25.5 Å². The average Bonchev–Trinajstić information content (AvgIpc) is 2.26. The molecule has 0 aromatic carbocycles. The quantitative estimate of drug-likeness (QED) is 0.389. The SMILES string of the molecule is C=C(CC(=O)O)C(=O)O.O=C(O)C=C(CC(=O)O)C(=O)O. The summed E-state index contributed by atoms with van der Waals surface area (Å²) in [7, 11) is 0. The first kappa shape index (κ1) is 20.2. The summed E-state index contributed by atoms with van der Waals surface area (Å²) >= 11 is 0. The van der Waals surface area contributed by atoms with Crippen LogP contribution in [0.5, 0.6) is 0 Å². The zero-order valence-corrected chi connectivity index (χ0v) is 10.5. The van der Waals surface area contributed by atoms with E-state index in [9.17, 15) is 24.0 Å². The van der Waals surface area contributed by atoms with Crippen LogP contribution in [0.2, 0.25) is 0 Å². The second-order valence-corrected chi connectivity index (χ2v) is 3.36. The Morgan fingerprint density at radius 2 is 1.19 bits per heavy atom. The van der Waals surface area contributed by atoms with Crippen LogP contribution >= 0.6 is 0 Å². The Kier molecular flexibility index (Phi) is 9.33. The van der Waals surface area contributed by atoms with Crippen LogP contribution in [0.25, 0.3) is 0 Å². The number of carboxylic acids is 5. The third kappa shape index (κ3) is 13.1. The summed E-state index contributed by atoms with van der Waals surface area (Å²) in [5.41, 5.74) is -0.961. The molecule has 0 unspecified atom stereocenters. The molecule has 0 heterocycles. The predicted molar refractivity (Wildman–Crippen MR) is 64.6 cm³/mol.